The molecule has 1 fully saturated rings. The van der Waals surface area contributed by atoms with Crippen LogP contribution in [0.25, 0.3) is 0 Å². The molecule has 2 rings (SSSR count). The molecule has 1 aromatic heterocycles. The van der Waals surface area contributed by atoms with Gasteiger partial charge in [0, 0.05) is 12.6 Å². The molecular weight excluding hydrogens is 228 g/mol. The maximum atomic E-state index is 3.56. The maximum absolute atomic E-state index is 3.56. The van der Waals surface area contributed by atoms with Crippen molar-refractivity contribution < 1.29 is 0 Å². The molecule has 3 heteroatoms. The molecule has 1 aliphatic carbocycles. The van der Waals surface area contributed by atoms with Crippen molar-refractivity contribution in [2.24, 2.45) is 5.92 Å². The van der Waals surface area contributed by atoms with E-state index >= 15 is 0 Å². The molecule has 2 nitrogen and oxygen atoms in total. The lowest BCUT2D eigenvalue weighted by Crippen LogP contribution is -2.48. The molecule has 17 heavy (non-hydrogen) atoms. The van der Waals surface area contributed by atoms with Gasteiger partial charge in [-0.05, 0) is 67.7 Å². The Balaban J connectivity index is 1.73. The average molecular weight is 252 g/mol. The quantitative estimate of drug-likeness (QED) is 0.751. The van der Waals surface area contributed by atoms with Gasteiger partial charge in [0.05, 0.1) is 0 Å². The van der Waals surface area contributed by atoms with E-state index in [-0.39, 0.29) is 0 Å². The third-order valence-corrected chi connectivity index (χ3v) is 4.52. The molecule has 0 radical (unpaired) electrons. The largest absolute Gasteiger partial charge is 0.316 e. The second-order valence-electron chi connectivity index (χ2n) is 5.16. The van der Waals surface area contributed by atoms with Gasteiger partial charge < -0.3 is 5.32 Å². The van der Waals surface area contributed by atoms with Crippen LogP contribution in [0.2, 0.25) is 0 Å². The normalized spacial score (nSPS) is 23.9. The highest BCUT2D eigenvalue weighted by Gasteiger charge is 2.33. The lowest BCUT2D eigenvalue weighted by Gasteiger charge is -2.43. The van der Waals surface area contributed by atoms with E-state index in [2.05, 4.69) is 41.0 Å². The van der Waals surface area contributed by atoms with Gasteiger partial charge in [0.15, 0.2) is 0 Å². The highest BCUT2D eigenvalue weighted by molar-refractivity contribution is 7.07. The summed E-state index contributed by atoms with van der Waals surface area (Å²) in [6.45, 7) is 5.70. The van der Waals surface area contributed by atoms with Crippen LogP contribution in [0.5, 0.6) is 0 Å². The van der Waals surface area contributed by atoms with Crippen LogP contribution in [0.1, 0.15) is 31.7 Å². The van der Waals surface area contributed by atoms with Gasteiger partial charge in [0.2, 0.25) is 0 Å². The number of nitrogens with one attached hydrogen (secondary N) is 1. The summed E-state index contributed by atoms with van der Waals surface area (Å²) in [5.41, 5.74) is 1.46. The summed E-state index contributed by atoms with van der Waals surface area (Å²) in [5.74, 6) is 0.866. The first kappa shape index (κ1) is 13.1. The number of thiophene rings is 1. The highest BCUT2D eigenvalue weighted by Crippen LogP contribution is 2.31. The first-order chi connectivity index (χ1) is 8.31. The minimum atomic E-state index is 0.791. The van der Waals surface area contributed by atoms with E-state index in [0.29, 0.717) is 0 Å². The van der Waals surface area contributed by atoms with E-state index < -0.39 is 0 Å². The first-order valence-corrected chi connectivity index (χ1v) is 7.67. The number of hydrogen-bond donors (Lipinski definition) is 1. The summed E-state index contributed by atoms with van der Waals surface area (Å²) in [4.78, 5) is 2.53. The van der Waals surface area contributed by atoms with Crippen LogP contribution in [-0.2, 0) is 6.54 Å². The summed E-state index contributed by atoms with van der Waals surface area (Å²) in [7, 11) is 2.27. The molecule has 0 spiro atoms. The Kier molecular flexibility index (Phi) is 5.01. The standard InChI is InChI=1S/C14H24N2S/c1-3-7-15-9-13-4-5-14(13)16(2)10-12-6-8-17-11-12/h6,8,11,13-15H,3-5,7,9-10H2,1-2H3. The van der Waals surface area contributed by atoms with Crippen LogP contribution < -0.4 is 5.32 Å². The Labute approximate surface area is 109 Å². The number of rotatable bonds is 7. The fraction of sp³-hybridized carbons (Fsp3) is 0.714. The predicted octanol–water partition coefficient (Wildman–Crippen LogP) is 2.96. The highest BCUT2D eigenvalue weighted by atomic mass is 32.1. The molecule has 0 bridgehead atoms. The Bertz CT molecular complexity index is 310. The summed E-state index contributed by atoms with van der Waals surface area (Å²) >= 11 is 1.80. The molecule has 1 aromatic rings. The van der Waals surface area contributed by atoms with Gasteiger partial charge in [-0.15, -0.1) is 0 Å². The summed E-state index contributed by atoms with van der Waals surface area (Å²) in [5, 5.41) is 7.99. The molecule has 0 saturated heterocycles. The zero-order valence-electron chi connectivity index (χ0n) is 11.0. The van der Waals surface area contributed by atoms with E-state index in [1.54, 1.807) is 11.3 Å². The van der Waals surface area contributed by atoms with Crippen molar-refractivity contribution in [3.8, 4) is 0 Å². The van der Waals surface area contributed by atoms with Gasteiger partial charge in [-0.25, -0.2) is 0 Å². The molecule has 96 valence electrons. The van der Waals surface area contributed by atoms with Crippen LogP contribution in [0.4, 0.5) is 0 Å². The lowest BCUT2D eigenvalue weighted by atomic mass is 9.78. The second kappa shape index (κ2) is 6.53. The fourth-order valence-electron chi connectivity index (χ4n) is 2.62. The third kappa shape index (κ3) is 3.54. The average Bonchev–Trinajstić information content (AvgIpc) is 2.75. The van der Waals surface area contributed by atoms with Crippen molar-refractivity contribution in [2.45, 2.75) is 38.8 Å². The zero-order chi connectivity index (χ0) is 12.1. The van der Waals surface area contributed by atoms with Crippen molar-refractivity contribution in [3.05, 3.63) is 22.4 Å². The molecule has 2 unspecified atom stereocenters. The van der Waals surface area contributed by atoms with E-state index in [1.807, 2.05) is 0 Å². The van der Waals surface area contributed by atoms with E-state index in [1.165, 1.54) is 31.4 Å². The summed E-state index contributed by atoms with van der Waals surface area (Å²) in [6.07, 6.45) is 4.01. The number of nitrogens with zero attached hydrogens (tertiary/aromatic N) is 1. The molecule has 1 N–H and O–H groups in total. The van der Waals surface area contributed by atoms with Gasteiger partial charge in [-0.3, -0.25) is 4.90 Å². The van der Waals surface area contributed by atoms with E-state index in [4.69, 9.17) is 0 Å². The Morgan fingerprint density at radius 2 is 2.35 bits per heavy atom. The molecule has 0 amide bonds. The van der Waals surface area contributed by atoms with Crippen molar-refractivity contribution >= 4 is 11.3 Å². The Morgan fingerprint density at radius 3 is 2.94 bits per heavy atom. The maximum Gasteiger partial charge on any atom is 0.0242 e. The van der Waals surface area contributed by atoms with Crippen molar-refractivity contribution in [3.63, 3.8) is 0 Å². The molecule has 0 aliphatic heterocycles. The number of hydrogen-bond acceptors (Lipinski definition) is 3. The van der Waals surface area contributed by atoms with Gasteiger partial charge in [0.25, 0.3) is 0 Å². The molecule has 1 heterocycles. The molecule has 1 saturated carbocycles. The van der Waals surface area contributed by atoms with Gasteiger partial charge in [-0.2, -0.15) is 11.3 Å². The van der Waals surface area contributed by atoms with Crippen molar-refractivity contribution in [1.82, 2.24) is 10.2 Å². The molecule has 1 aliphatic rings. The van der Waals surface area contributed by atoms with E-state index in [9.17, 15) is 0 Å². The van der Waals surface area contributed by atoms with Crippen LogP contribution >= 0.6 is 11.3 Å². The Hall–Kier alpha value is -0.380. The monoisotopic (exact) mass is 252 g/mol. The summed E-state index contributed by atoms with van der Waals surface area (Å²) < 4.78 is 0. The van der Waals surface area contributed by atoms with Crippen LogP contribution in [0.3, 0.4) is 0 Å². The molecule has 2 atom stereocenters. The van der Waals surface area contributed by atoms with E-state index in [0.717, 1.165) is 25.0 Å². The van der Waals surface area contributed by atoms with Gasteiger partial charge >= 0.3 is 0 Å². The minimum Gasteiger partial charge on any atom is -0.316 e. The van der Waals surface area contributed by atoms with Gasteiger partial charge in [0.1, 0.15) is 0 Å². The lowest BCUT2D eigenvalue weighted by molar-refractivity contribution is 0.0783. The third-order valence-electron chi connectivity index (χ3n) is 3.79. The van der Waals surface area contributed by atoms with Crippen molar-refractivity contribution in [1.29, 1.82) is 0 Å². The molecule has 0 aromatic carbocycles. The zero-order valence-corrected chi connectivity index (χ0v) is 11.8. The summed E-state index contributed by atoms with van der Waals surface area (Å²) in [6, 6.07) is 3.03. The first-order valence-electron chi connectivity index (χ1n) is 6.73. The van der Waals surface area contributed by atoms with Crippen LogP contribution in [0, 0.1) is 5.92 Å². The predicted molar refractivity (Wildman–Crippen MR) is 75.5 cm³/mol. The SMILES string of the molecule is CCCNCC1CCC1N(C)Cc1ccsc1. The van der Waals surface area contributed by atoms with Crippen molar-refractivity contribution in [2.75, 3.05) is 20.1 Å². The topological polar surface area (TPSA) is 15.3 Å². The molecular formula is C14H24N2S. The fourth-order valence-corrected chi connectivity index (χ4v) is 3.28. The van der Waals surface area contributed by atoms with Crippen LogP contribution in [-0.4, -0.2) is 31.1 Å². The second-order valence-corrected chi connectivity index (χ2v) is 5.94. The smallest absolute Gasteiger partial charge is 0.0242 e. The van der Waals surface area contributed by atoms with Gasteiger partial charge in [-0.1, -0.05) is 6.92 Å². The Morgan fingerprint density at radius 1 is 1.47 bits per heavy atom. The minimum absolute atomic E-state index is 0.791. The van der Waals surface area contributed by atoms with Crippen LogP contribution in [0.15, 0.2) is 16.8 Å².